The van der Waals surface area contributed by atoms with Crippen molar-refractivity contribution >= 4 is 11.7 Å². The lowest BCUT2D eigenvalue weighted by Gasteiger charge is -2.01. The van der Waals surface area contributed by atoms with E-state index in [9.17, 15) is 0 Å². The molecule has 0 aliphatic carbocycles. The maximum absolute atomic E-state index is 5.75. The van der Waals surface area contributed by atoms with Crippen molar-refractivity contribution in [3.8, 4) is 11.4 Å². The molecule has 6 nitrogen and oxygen atoms in total. The summed E-state index contributed by atoms with van der Waals surface area (Å²) in [6, 6.07) is 9.61. The molecule has 0 bridgehead atoms. The van der Waals surface area contributed by atoms with Crippen molar-refractivity contribution in [2.45, 2.75) is 0 Å². The van der Waals surface area contributed by atoms with Crippen LogP contribution in [0, 0.1) is 0 Å². The Bertz CT molecular complexity index is 630. The third kappa shape index (κ3) is 1.28. The average Bonchev–Trinajstić information content (AvgIpc) is 2.79. The lowest BCUT2D eigenvalue weighted by molar-refractivity contribution is 0.912. The van der Waals surface area contributed by atoms with Gasteiger partial charge in [-0.05, 0) is 0 Å². The van der Waals surface area contributed by atoms with E-state index in [1.165, 1.54) is 10.8 Å². The molecule has 6 heteroatoms. The third-order valence-corrected chi connectivity index (χ3v) is 2.21. The topological polar surface area (TPSA) is 82.0 Å². The maximum atomic E-state index is 5.75. The SMILES string of the molecule is Nc1nc(-c2ccccc2)nc2ncnn12. The number of benzene rings is 1. The summed E-state index contributed by atoms with van der Waals surface area (Å²) in [5.74, 6) is 1.28. The summed E-state index contributed by atoms with van der Waals surface area (Å²) in [6.07, 6.45) is 1.40. The van der Waals surface area contributed by atoms with E-state index in [-0.39, 0.29) is 5.95 Å². The van der Waals surface area contributed by atoms with Crippen molar-refractivity contribution in [2.24, 2.45) is 0 Å². The van der Waals surface area contributed by atoms with Crippen LogP contribution in [0.3, 0.4) is 0 Å². The van der Waals surface area contributed by atoms with Gasteiger partial charge in [-0.25, -0.2) is 0 Å². The molecule has 0 spiro atoms. The molecule has 2 heterocycles. The summed E-state index contributed by atoms with van der Waals surface area (Å²) < 4.78 is 1.40. The minimum atomic E-state index is 0.279. The van der Waals surface area contributed by atoms with Crippen LogP contribution in [0.15, 0.2) is 36.7 Å². The fourth-order valence-corrected chi connectivity index (χ4v) is 1.47. The molecule has 2 aromatic heterocycles. The molecule has 3 rings (SSSR count). The van der Waals surface area contributed by atoms with Gasteiger partial charge in [-0.1, -0.05) is 30.3 Å². The van der Waals surface area contributed by atoms with Crippen LogP contribution in [0.5, 0.6) is 0 Å². The summed E-state index contributed by atoms with van der Waals surface area (Å²) >= 11 is 0. The predicted molar refractivity (Wildman–Crippen MR) is 58.4 cm³/mol. The quantitative estimate of drug-likeness (QED) is 0.644. The molecule has 0 fully saturated rings. The van der Waals surface area contributed by atoms with Crippen molar-refractivity contribution in [3.63, 3.8) is 0 Å². The summed E-state index contributed by atoms with van der Waals surface area (Å²) in [5.41, 5.74) is 6.65. The zero-order valence-corrected chi connectivity index (χ0v) is 8.28. The smallest absolute Gasteiger partial charge is 0.257 e. The fourth-order valence-electron chi connectivity index (χ4n) is 1.47. The van der Waals surface area contributed by atoms with Crippen LogP contribution < -0.4 is 5.73 Å². The number of nitrogen functional groups attached to an aromatic ring is 1. The molecule has 78 valence electrons. The van der Waals surface area contributed by atoms with E-state index in [2.05, 4.69) is 20.1 Å². The van der Waals surface area contributed by atoms with E-state index in [0.29, 0.717) is 11.6 Å². The van der Waals surface area contributed by atoms with E-state index in [0.717, 1.165) is 5.56 Å². The first-order chi connectivity index (χ1) is 7.84. The molecule has 0 aliphatic heterocycles. The molecule has 0 amide bonds. The Morgan fingerprint density at radius 2 is 1.88 bits per heavy atom. The van der Waals surface area contributed by atoms with E-state index in [1.807, 2.05) is 30.3 Å². The first-order valence-corrected chi connectivity index (χ1v) is 4.73. The van der Waals surface area contributed by atoms with Crippen LogP contribution in [0.2, 0.25) is 0 Å². The summed E-state index contributed by atoms with van der Waals surface area (Å²) in [7, 11) is 0. The maximum Gasteiger partial charge on any atom is 0.257 e. The predicted octanol–water partition coefficient (Wildman–Crippen LogP) is 0.768. The van der Waals surface area contributed by atoms with Gasteiger partial charge in [-0.2, -0.15) is 24.6 Å². The van der Waals surface area contributed by atoms with Crippen LogP contribution >= 0.6 is 0 Å². The second kappa shape index (κ2) is 3.27. The fraction of sp³-hybridized carbons (Fsp3) is 0. The van der Waals surface area contributed by atoms with Crippen molar-refractivity contribution in [1.82, 2.24) is 24.6 Å². The van der Waals surface area contributed by atoms with Crippen molar-refractivity contribution in [1.29, 1.82) is 0 Å². The van der Waals surface area contributed by atoms with Gasteiger partial charge >= 0.3 is 0 Å². The van der Waals surface area contributed by atoms with Crippen LogP contribution in [-0.2, 0) is 0 Å². The number of nitrogens with two attached hydrogens (primary N) is 1. The van der Waals surface area contributed by atoms with Gasteiger partial charge in [0, 0.05) is 5.56 Å². The Kier molecular flexibility index (Phi) is 1.79. The van der Waals surface area contributed by atoms with Crippen LogP contribution in [0.4, 0.5) is 5.95 Å². The average molecular weight is 212 g/mol. The van der Waals surface area contributed by atoms with Gasteiger partial charge in [0.1, 0.15) is 6.33 Å². The molecule has 0 saturated heterocycles. The standard InChI is InChI=1S/C10H8N6/c11-9-14-8(7-4-2-1-3-5-7)15-10-12-6-13-16(9)10/h1-6H,(H2,11,12,13,14,15). The van der Waals surface area contributed by atoms with Crippen molar-refractivity contribution in [2.75, 3.05) is 5.73 Å². The highest BCUT2D eigenvalue weighted by molar-refractivity contribution is 5.57. The number of fused-ring (bicyclic) bond motifs is 1. The number of aromatic nitrogens is 5. The van der Waals surface area contributed by atoms with Crippen molar-refractivity contribution < 1.29 is 0 Å². The zero-order chi connectivity index (χ0) is 11.0. The van der Waals surface area contributed by atoms with Gasteiger partial charge in [-0.3, -0.25) is 0 Å². The largest absolute Gasteiger partial charge is 0.368 e. The van der Waals surface area contributed by atoms with Crippen LogP contribution in [0.1, 0.15) is 0 Å². The molecule has 0 radical (unpaired) electrons. The summed E-state index contributed by atoms with van der Waals surface area (Å²) in [5, 5.41) is 3.91. The number of rotatable bonds is 1. The minimum Gasteiger partial charge on any atom is -0.368 e. The summed E-state index contributed by atoms with van der Waals surface area (Å²) in [4.78, 5) is 12.4. The Hall–Kier alpha value is -2.50. The molecular formula is C10H8N6. The Morgan fingerprint density at radius 3 is 2.69 bits per heavy atom. The van der Waals surface area contributed by atoms with Gasteiger partial charge in [0.15, 0.2) is 5.82 Å². The molecule has 0 atom stereocenters. The molecule has 0 aliphatic rings. The first-order valence-electron chi connectivity index (χ1n) is 4.73. The second-order valence-electron chi connectivity index (χ2n) is 3.24. The summed E-state index contributed by atoms with van der Waals surface area (Å²) in [6.45, 7) is 0. The molecule has 3 aromatic rings. The molecule has 0 unspecified atom stereocenters. The van der Waals surface area contributed by atoms with Gasteiger partial charge in [0.2, 0.25) is 5.95 Å². The Balaban J connectivity index is 2.25. The van der Waals surface area contributed by atoms with E-state index >= 15 is 0 Å². The van der Waals surface area contributed by atoms with E-state index in [1.54, 1.807) is 0 Å². The lowest BCUT2D eigenvalue weighted by Crippen LogP contribution is -2.05. The second-order valence-corrected chi connectivity index (χ2v) is 3.24. The zero-order valence-electron chi connectivity index (χ0n) is 8.28. The number of anilines is 1. The van der Waals surface area contributed by atoms with E-state index in [4.69, 9.17) is 5.73 Å². The first kappa shape index (κ1) is 8.78. The molecule has 2 N–H and O–H groups in total. The van der Waals surface area contributed by atoms with Crippen molar-refractivity contribution in [3.05, 3.63) is 36.7 Å². The minimum absolute atomic E-state index is 0.279. The monoisotopic (exact) mass is 212 g/mol. The highest BCUT2D eigenvalue weighted by Crippen LogP contribution is 2.15. The highest BCUT2D eigenvalue weighted by atomic mass is 15.4. The lowest BCUT2D eigenvalue weighted by atomic mass is 10.2. The van der Waals surface area contributed by atoms with Gasteiger partial charge in [0.05, 0.1) is 0 Å². The third-order valence-electron chi connectivity index (χ3n) is 2.21. The Labute approximate surface area is 90.8 Å². The van der Waals surface area contributed by atoms with Gasteiger partial charge < -0.3 is 5.73 Å². The number of hydrogen-bond donors (Lipinski definition) is 1. The molecule has 16 heavy (non-hydrogen) atoms. The molecule has 1 aromatic carbocycles. The number of hydrogen-bond acceptors (Lipinski definition) is 5. The highest BCUT2D eigenvalue weighted by Gasteiger charge is 2.07. The van der Waals surface area contributed by atoms with Gasteiger partial charge in [0.25, 0.3) is 5.78 Å². The van der Waals surface area contributed by atoms with Gasteiger partial charge in [-0.15, -0.1) is 0 Å². The van der Waals surface area contributed by atoms with Crippen LogP contribution in [-0.4, -0.2) is 24.6 Å². The Morgan fingerprint density at radius 1 is 1.06 bits per heavy atom. The molecule has 0 saturated carbocycles. The van der Waals surface area contributed by atoms with E-state index < -0.39 is 0 Å². The normalized spacial score (nSPS) is 10.8. The molecular weight excluding hydrogens is 204 g/mol. The number of nitrogens with zero attached hydrogens (tertiary/aromatic N) is 5. The van der Waals surface area contributed by atoms with Crippen LogP contribution in [0.25, 0.3) is 17.2 Å².